The van der Waals surface area contributed by atoms with Crippen molar-refractivity contribution in [3.8, 4) is 0 Å². The maximum absolute atomic E-state index is 11.4. The number of hydrogen-bond acceptors (Lipinski definition) is 4. The van der Waals surface area contributed by atoms with E-state index in [1.807, 2.05) is 0 Å². The van der Waals surface area contributed by atoms with E-state index in [4.69, 9.17) is 4.74 Å². The third-order valence-electron chi connectivity index (χ3n) is 2.04. The van der Waals surface area contributed by atoms with Crippen LogP contribution in [0, 0.1) is 0 Å². The van der Waals surface area contributed by atoms with Crippen molar-refractivity contribution in [3.05, 3.63) is 0 Å². The molecule has 98 valence electrons. The second-order valence-corrected chi connectivity index (χ2v) is 5.59. The van der Waals surface area contributed by atoms with Gasteiger partial charge in [0, 0.05) is 20.3 Å². The monoisotopic (exact) mass is 252 g/mol. The van der Waals surface area contributed by atoms with Crippen molar-refractivity contribution in [1.29, 1.82) is 0 Å². The van der Waals surface area contributed by atoms with E-state index < -0.39 is 10.0 Å². The van der Waals surface area contributed by atoms with Gasteiger partial charge < -0.3 is 10.1 Å². The first-order valence-electron chi connectivity index (χ1n) is 5.79. The molecule has 0 saturated heterocycles. The average molecular weight is 252 g/mol. The predicted molar refractivity (Wildman–Crippen MR) is 66.1 cm³/mol. The zero-order valence-corrected chi connectivity index (χ0v) is 11.1. The first-order chi connectivity index (χ1) is 7.62. The Morgan fingerprint density at radius 3 is 2.50 bits per heavy atom. The molecule has 0 rings (SSSR count). The van der Waals surface area contributed by atoms with Crippen LogP contribution in [0.15, 0.2) is 0 Å². The lowest BCUT2D eigenvalue weighted by Crippen LogP contribution is -2.29. The molecule has 0 heterocycles. The Kier molecular flexibility index (Phi) is 9.91. The second kappa shape index (κ2) is 10.0. The van der Waals surface area contributed by atoms with E-state index in [1.165, 1.54) is 0 Å². The molecule has 0 saturated carbocycles. The zero-order chi connectivity index (χ0) is 12.3. The maximum Gasteiger partial charge on any atom is 0.211 e. The van der Waals surface area contributed by atoms with Crippen LogP contribution in [-0.2, 0) is 14.8 Å². The SMILES string of the molecule is CCCNCCCS(=O)(=O)NCCCOC. The molecule has 0 fully saturated rings. The highest BCUT2D eigenvalue weighted by molar-refractivity contribution is 7.89. The van der Waals surface area contributed by atoms with Gasteiger partial charge in [0.05, 0.1) is 5.75 Å². The Morgan fingerprint density at radius 1 is 1.12 bits per heavy atom. The number of methoxy groups -OCH3 is 1. The minimum Gasteiger partial charge on any atom is -0.385 e. The molecule has 0 bridgehead atoms. The highest BCUT2D eigenvalue weighted by atomic mass is 32.2. The van der Waals surface area contributed by atoms with Crippen LogP contribution in [0.5, 0.6) is 0 Å². The standard InChI is InChI=1S/C10H24N2O3S/c1-3-6-11-7-5-10-16(13,14)12-8-4-9-15-2/h11-12H,3-10H2,1-2H3. The molecule has 0 radical (unpaired) electrons. The Balaban J connectivity index is 3.47. The maximum atomic E-state index is 11.4. The Hall–Kier alpha value is -0.170. The molecule has 0 spiro atoms. The lowest BCUT2D eigenvalue weighted by molar-refractivity contribution is 0.196. The molecular formula is C10H24N2O3S. The summed E-state index contributed by atoms with van der Waals surface area (Å²) in [4.78, 5) is 0. The Labute approximate surface area is 99.0 Å². The molecule has 0 aromatic carbocycles. The Bertz CT molecular complexity index is 242. The largest absolute Gasteiger partial charge is 0.385 e. The van der Waals surface area contributed by atoms with Crippen LogP contribution >= 0.6 is 0 Å². The van der Waals surface area contributed by atoms with E-state index in [-0.39, 0.29) is 5.75 Å². The van der Waals surface area contributed by atoms with Crippen molar-refractivity contribution in [1.82, 2.24) is 10.0 Å². The molecule has 16 heavy (non-hydrogen) atoms. The van der Waals surface area contributed by atoms with E-state index in [0.29, 0.717) is 26.0 Å². The van der Waals surface area contributed by atoms with E-state index >= 15 is 0 Å². The van der Waals surface area contributed by atoms with Gasteiger partial charge in [-0.2, -0.15) is 0 Å². The van der Waals surface area contributed by atoms with Crippen molar-refractivity contribution in [2.45, 2.75) is 26.2 Å². The number of sulfonamides is 1. The fourth-order valence-electron chi connectivity index (χ4n) is 1.21. The summed E-state index contributed by atoms with van der Waals surface area (Å²) in [6.07, 6.45) is 2.44. The molecule has 0 aliphatic rings. The third kappa shape index (κ3) is 10.4. The highest BCUT2D eigenvalue weighted by Gasteiger charge is 2.08. The first kappa shape index (κ1) is 15.8. The summed E-state index contributed by atoms with van der Waals surface area (Å²) in [5, 5.41) is 3.17. The molecule has 0 aliphatic carbocycles. The lowest BCUT2D eigenvalue weighted by Gasteiger charge is -2.06. The number of ether oxygens (including phenoxy) is 1. The van der Waals surface area contributed by atoms with Crippen LogP contribution < -0.4 is 10.0 Å². The summed E-state index contributed by atoms with van der Waals surface area (Å²) < 4.78 is 30.3. The van der Waals surface area contributed by atoms with Gasteiger partial charge in [0.2, 0.25) is 10.0 Å². The summed E-state index contributed by atoms with van der Waals surface area (Å²) in [5.41, 5.74) is 0. The Morgan fingerprint density at radius 2 is 1.88 bits per heavy atom. The van der Waals surface area contributed by atoms with Gasteiger partial charge in [-0.3, -0.25) is 0 Å². The fraction of sp³-hybridized carbons (Fsp3) is 1.00. The lowest BCUT2D eigenvalue weighted by atomic mass is 10.4. The van der Waals surface area contributed by atoms with Crippen molar-refractivity contribution in [2.24, 2.45) is 0 Å². The summed E-state index contributed by atoms with van der Waals surface area (Å²) in [6.45, 7) is 4.83. The molecule has 0 aromatic heterocycles. The van der Waals surface area contributed by atoms with Gasteiger partial charge in [0.25, 0.3) is 0 Å². The fourth-order valence-corrected chi connectivity index (χ4v) is 2.33. The molecule has 0 aliphatic heterocycles. The number of hydrogen-bond donors (Lipinski definition) is 2. The van der Waals surface area contributed by atoms with Crippen LogP contribution in [0.2, 0.25) is 0 Å². The minimum absolute atomic E-state index is 0.191. The summed E-state index contributed by atoms with van der Waals surface area (Å²) in [5.74, 6) is 0.191. The minimum atomic E-state index is -3.09. The highest BCUT2D eigenvalue weighted by Crippen LogP contribution is 1.90. The second-order valence-electron chi connectivity index (χ2n) is 3.66. The van der Waals surface area contributed by atoms with Gasteiger partial charge in [-0.15, -0.1) is 0 Å². The van der Waals surface area contributed by atoms with Crippen LogP contribution in [0.4, 0.5) is 0 Å². The van der Waals surface area contributed by atoms with Crippen LogP contribution in [-0.4, -0.2) is 47.5 Å². The molecule has 6 heteroatoms. The van der Waals surface area contributed by atoms with Crippen LogP contribution in [0.25, 0.3) is 0 Å². The molecular weight excluding hydrogens is 228 g/mol. The van der Waals surface area contributed by atoms with Crippen molar-refractivity contribution in [3.63, 3.8) is 0 Å². The van der Waals surface area contributed by atoms with Gasteiger partial charge >= 0.3 is 0 Å². The zero-order valence-electron chi connectivity index (χ0n) is 10.3. The third-order valence-corrected chi connectivity index (χ3v) is 3.51. The normalized spacial score (nSPS) is 11.9. The predicted octanol–water partition coefficient (Wildman–Crippen LogP) is 0.332. The van der Waals surface area contributed by atoms with E-state index in [2.05, 4.69) is 17.0 Å². The summed E-state index contributed by atoms with van der Waals surface area (Å²) >= 11 is 0. The van der Waals surface area contributed by atoms with Crippen molar-refractivity contribution in [2.75, 3.05) is 39.1 Å². The molecule has 2 N–H and O–H groups in total. The van der Waals surface area contributed by atoms with E-state index in [1.54, 1.807) is 7.11 Å². The smallest absolute Gasteiger partial charge is 0.211 e. The summed E-state index contributed by atoms with van der Waals surface area (Å²) in [7, 11) is -1.49. The van der Waals surface area contributed by atoms with Gasteiger partial charge in [-0.25, -0.2) is 13.1 Å². The van der Waals surface area contributed by atoms with Gasteiger partial charge in [-0.05, 0) is 32.4 Å². The van der Waals surface area contributed by atoms with E-state index in [9.17, 15) is 8.42 Å². The number of rotatable bonds is 11. The van der Waals surface area contributed by atoms with Gasteiger partial charge in [-0.1, -0.05) is 6.92 Å². The van der Waals surface area contributed by atoms with Gasteiger partial charge in [0.15, 0.2) is 0 Å². The summed E-state index contributed by atoms with van der Waals surface area (Å²) in [6, 6.07) is 0. The first-order valence-corrected chi connectivity index (χ1v) is 7.44. The molecule has 5 nitrogen and oxygen atoms in total. The topological polar surface area (TPSA) is 67.4 Å². The quantitative estimate of drug-likeness (QED) is 0.520. The van der Waals surface area contributed by atoms with Crippen LogP contribution in [0.1, 0.15) is 26.2 Å². The molecule has 0 atom stereocenters. The molecule has 0 amide bonds. The van der Waals surface area contributed by atoms with Crippen molar-refractivity contribution >= 4 is 10.0 Å². The number of nitrogens with one attached hydrogen (secondary N) is 2. The van der Waals surface area contributed by atoms with Crippen molar-refractivity contribution < 1.29 is 13.2 Å². The molecule has 0 unspecified atom stereocenters. The average Bonchev–Trinajstić information content (AvgIpc) is 2.24. The van der Waals surface area contributed by atoms with E-state index in [0.717, 1.165) is 19.5 Å². The van der Waals surface area contributed by atoms with Gasteiger partial charge in [0.1, 0.15) is 0 Å². The van der Waals surface area contributed by atoms with Crippen LogP contribution in [0.3, 0.4) is 0 Å². The molecule has 0 aromatic rings.